The fourth-order valence-electron chi connectivity index (χ4n) is 1.15. The molecule has 3 heteroatoms. The van der Waals surface area contributed by atoms with E-state index in [9.17, 15) is 0 Å². The Hall–Kier alpha value is -0.670. The van der Waals surface area contributed by atoms with Gasteiger partial charge in [0.2, 0.25) is 0 Å². The summed E-state index contributed by atoms with van der Waals surface area (Å²) in [4.78, 5) is 0. The minimum atomic E-state index is 0.563. The van der Waals surface area contributed by atoms with Gasteiger partial charge in [-0.3, -0.25) is 0 Å². The smallest absolute Gasteiger partial charge is 0.0719 e. The molecule has 0 spiro atoms. The molecule has 0 radical (unpaired) electrons. The number of ether oxygens (including phenoxy) is 1. The number of rotatable bonds is 4. The highest BCUT2D eigenvalue weighted by Gasteiger charge is 2.00. The number of hydrogen-bond acceptors (Lipinski definition) is 2. The van der Waals surface area contributed by atoms with E-state index in [1.165, 1.54) is 11.8 Å². The van der Waals surface area contributed by atoms with Crippen molar-refractivity contribution in [2.45, 2.75) is 11.9 Å². The Bertz CT molecular complexity index is 299. The largest absolute Gasteiger partial charge is 0.380 e. The van der Waals surface area contributed by atoms with Gasteiger partial charge in [0.05, 0.1) is 6.61 Å². The molecule has 0 heterocycles. The van der Waals surface area contributed by atoms with Crippen LogP contribution in [0.15, 0.2) is 18.2 Å². The van der Waals surface area contributed by atoms with Gasteiger partial charge in [0, 0.05) is 18.7 Å². The third kappa shape index (κ3) is 2.64. The average molecular weight is 242 g/mol. The van der Waals surface area contributed by atoms with Crippen LogP contribution in [0.3, 0.4) is 0 Å². The molecule has 0 unspecified atom stereocenters. The van der Waals surface area contributed by atoms with Crippen molar-refractivity contribution < 1.29 is 4.74 Å². The van der Waals surface area contributed by atoms with Crippen LogP contribution in [0.2, 0.25) is 0 Å². The average Bonchev–Trinajstić information content (AvgIpc) is 2.19. The van der Waals surface area contributed by atoms with Crippen LogP contribution in [0.25, 0.3) is 0 Å². The van der Waals surface area contributed by atoms with Crippen LogP contribution < -0.4 is 0 Å². The van der Waals surface area contributed by atoms with E-state index in [1.807, 2.05) is 18.2 Å². The summed E-state index contributed by atoms with van der Waals surface area (Å²) in [5.74, 6) is 0. The van der Waals surface area contributed by atoms with Gasteiger partial charge in [-0.1, -0.05) is 28.1 Å². The Labute approximate surface area is 86.6 Å². The van der Waals surface area contributed by atoms with Crippen LogP contribution in [-0.4, -0.2) is 13.3 Å². The molecule has 0 aliphatic heterocycles. The molecule has 0 amide bonds. The first-order valence-corrected chi connectivity index (χ1v) is 5.11. The van der Waals surface area contributed by atoms with Gasteiger partial charge in [-0.25, -0.2) is 0 Å². The Balaban J connectivity index is 3.00. The lowest BCUT2D eigenvalue weighted by molar-refractivity contribution is 0.185. The number of nitrogens with one attached hydrogen (secondary N) is 1. The van der Waals surface area contributed by atoms with E-state index in [2.05, 4.69) is 15.9 Å². The summed E-state index contributed by atoms with van der Waals surface area (Å²) >= 11 is 3.38. The predicted octanol–water partition coefficient (Wildman–Crippen LogP) is 2.73. The zero-order valence-electron chi connectivity index (χ0n) is 7.51. The first-order valence-electron chi connectivity index (χ1n) is 3.99. The maximum atomic E-state index is 7.24. The fraction of sp³-hybridized carbons (Fsp3) is 0.300. The highest BCUT2D eigenvalue weighted by atomic mass is 79.9. The number of benzene rings is 1. The van der Waals surface area contributed by atoms with Gasteiger partial charge >= 0.3 is 0 Å². The van der Waals surface area contributed by atoms with E-state index in [0.29, 0.717) is 6.61 Å². The molecule has 0 bridgehead atoms. The zero-order valence-corrected chi connectivity index (χ0v) is 9.10. The molecular formula is C10H12BrNO. The van der Waals surface area contributed by atoms with E-state index >= 15 is 0 Å². The van der Waals surface area contributed by atoms with Gasteiger partial charge in [-0.15, -0.1) is 0 Å². The number of halogens is 1. The lowest BCUT2D eigenvalue weighted by Crippen LogP contribution is -1.95. The summed E-state index contributed by atoms with van der Waals surface area (Å²) in [6, 6.07) is 6.03. The first kappa shape index (κ1) is 10.4. The lowest BCUT2D eigenvalue weighted by Gasteiger charge is -2.05. The van der Waals surface area contributed by atoms with Gasteiger partial charge in [0.1, 0.15) is 0 Å². The summed E-state index contributed by atoms with van der Waals surface area (Å²) in [5.41, 5.74) is 3.17. The molecule has 0 saturated carbocycles. The normalized spacial score (nSPS) is 10.0. The van der Waals surface area contributed by atoms with Gasteiger partial charge in [-0.05, 0) is 22.8 Å². The van der Waals surface area contributed by atoms with Crippen molar-refractivity contribution in [2.24, 2.45) is 0 Å². The monoisotopic (exact) mass is 241 g/mol. The van der Waals surface area contributed by atoms with Crippen LogP contribution in [-0.2, 0) is 16.7 Å². The number of methoxy groups -OCH3 is 1. The van der Waals surface area contributed by atoms with Crippen molar-refractivity contribution in [3.8, 4) is 0 Å². The Morgan fingerprint density at radius 1 is 1.54 bits per heavy atom. The molecule has 0 fully saturated rings. The highest BCUT2D eigenvalue weighted by molar-refractivity contribution is 9.08. The van der Waals surface area contributed by atoms with Crippen LogP contribution in [0.1, 0.15) is 16.7 Å². The summed E-state index contributed by atoms with van der Waals surface area (Å²) in [7, 11) is 1.66. The molecule has 0 atom stereocenters. The highest BCUT2D eigenvalue weighted by Crippen LogP contribution is 2.13. The van der Waals surface area contributed by atoms with Crippen molar-refractivity contribution in [3.63, 3.8) is 0 Å². The lowest BCUT2D eigenvalue weighted by atomic mass is 10.1. The molecule has 13 heavy (non-hydrogen) atoms. The van der Waals surface area contributed by atoms with E-state index < -0.39 is 0 Å². The van der Waals surface area contributed by atoms with Gasteiger partial charge in [-0.2, -0.15) is 0 Å². The van der Waals surface area contributed by atoms with E-state index in [1.54, 1.807) is 7.11 Å². The summed E-state index contributed by atoms with van der Waals surface area (Å²) in [5, 5.41) is 8.06. The molecule has 0 aliphatic carbocycles. The molecule has 0 saturated heterocycles. The molecule has 0 aromatic heterocycles. The standard InChI is InChI=1S/C10H12BrNO/c1-13-7-9-3-2-8(5-11)4-10(9)6-12/h2-4,6,12H,5,7H2,1H3. The SMILES string of the molecule is COCc1ccc(CBr)cc1C=N. The third-order valence-corrected chi connectivity index (χ3v) is 2.47. The predicted molar refractivity (Wildman–Crippen MR) is 57.7 cm³/mol. The van der Waals surface area contributed by atoms with Gasteiger partial charge < -0.3 is 10.1 Å². The molecule has 2 nitrogen and oxygen atoms in total. The second-order valence-electron chi connectivity index (χ2n) is 2.74. The first-order chi connectivity index (χ1) is 6.31. The maximum absolute atomic E-state index is 7.24. The topological polar surface area (TPSA) is 33.1 Å². The summed E-state index contributed by atoms with van der Waals surface area (Å²) in [6.07, 6.45) is 1.36. The van der Waals surface area contributed by atoms with E-state index in [0.717, 1.165) is 16.5 Å². The van der Waals surface area contributed by atoms with Crippen molar-refractivity contribution in [1.29, 1.82) is 5.41 Å². The Morgan fingerprint density at radius 3 is 2.85 bits per heavy atom. The molecular weight excluding hydrogens is 230 g/mol. The quantitative estimate of drug-likeness (QED) is 0.639. The molecule has 1 aromatic rings. The molecule has 1 N–H and O–H groups in total. The van der Waals surface area contributed by atoms with Crippen LogP contribution in [0, 0.1) is 5.41 Å². The molecule has 1 rings (SSSR count). The summed E-state index contributed by atoms with van der Waals surface area (Å²) < 4.78 is 5.03. The Kier molecular flexibility index (Phi) is 4.12. The molecule has 1 aromatic carbocycles. The van der Waals surface area contributed by atoms with Crippen LogP contribution >= 0.6 is 15.9 Å². The second-order valence-corrected chi connectivity index (χ2v) is 3.30. The van der Waals surface area contributed by atoms with Crippen molar-refractivity contribution >= 4 is 22.1 Å². The zero-order chi connectivity index (χ0) is 9.68. The third-order valence-electron chi connectivity index (χ3n) is 1.82. The van der Waals surface area contributed by atoms with Gasteiger partial charge in [0.15, 0.2) is 0 Å². The van der Waals surface area contributed by atoms with E-state index in [-0.39, 0.29) is 0 Å². The number of hydrogen-bond donors (Lipinski definition) is 1. The van der Waals surface area contributed by atoms with Crippen molar-refractivity contribution in [1.82, 2.24) is 0 Å². The van der Waals surface area contributed by atoms with Crippen LogP contribution in [0.5, 0.6) is 0 Å². The van der Waals surface area contributed by atoms with Crippen molar-refractivity contribution in [3.05, 3.63) is 34.9 Å². The maximum Gasteiger partial charge on any atom is 0.0719 e. The Morgan fingerprint density at radius 2 is 2.31 bits per heavy atom. The molecule has 70 valence electrons. The van der Waals surface area contributed by atoms with Gasteiger partial charge in [0.25, 0.3) is 0 Å². The molecule has 0 aliphatic rings. The fourth-order valence-corrected chi connectivity index (χ4v) is 1.50. The minimum absolute atomic E-state index is 0.563. The minimum Gasteiger partial charge on any atom is -0.380 e. The van der Waals surface area contributed by atoms with Crippen molar-refractivity contribution in [2.75, 3.05) is 7.11 Å². The van der Waals surface area contributed by atoms with Crippen LogP contribution in [0.4, 0.5) is 0 Å². The number of alkyl halides is 1. The van der Waals surface area contributed by atoms with E-state index in [4.69, 9.17) is 10.1 Å². The summed E-state index contributed by atoms with van der Waals surface area (Å²) in [6.45, 7) is 0.563. The second kappa shape index (κ2) is 5.14.